The third kappa shape index (κ3) is 5.03. The molecule has 0 saturated carbocycles. The molecule has 0 amide bonds. The Kier molecular flexibility index (Phi) is 6.16. The minimum absolute atomic E-state index is 0.111. The lowest BCUT2D eigenvalue weighted by molar-refractivity contribution is 0.315. The molecule has 0 aliphatic carbocycles. The third-order valence-corrected chi connectivity index (χ3v) is 8.24. The number of anilines is 1. The maximum Gasteiger partial charge on any atom is 0.184 e. The normalized spacial score (nSPS) is 19.8. The Balaban J connectivity index is 1.43. The highest BCUT2D eigenvalue weighted by Crippen LogP contribution is 2.32. The van der Waals surface area contributed by atoms with E-state index in [0.29, 0.717) is 10.0 Å². The van der Waals surface area contributed by atoms with Crippen LogP contribution in [-0.4, -0.2) is 36.9 Å². The first-order valence-electron chi connectivity index (χ1n) is 9.78. The number of nitrogens with zero attached hydrogens (tertiary/aromatic N) is 2. The second-order valence-corrected chi connectivity index (χ2v) is 11.3. The van der Waals surface area contributed by atoms with Gasteiger partial charge < -0.3 is 5.32 Å². The number of nitrogens with one attached hydrogen (secondary N) is 1. The zero-order valence-corrected chi connectivity index (χ0v) is 19.1. The summed E-state index contributed by atoms with van der Waals surface area (Å²) in [5.74, 6) is -0.111. The summed E-state index contributed by atoms with van der Waals surface area (Å²) >= 11 is 7.80. The molecule has 1 aromatic heterocycles. The molecule has 1 saturated heterocycles. The number of hydrogen-bond acceptors (Lipinski definition) is 6. The highest BCUT2D eigenvalue weighted by molar-refractivity contribution is 7.90. The van der Waals surface area contributed by atoms with Crippen LogP contribution < -0.4 is 5.32 Å². The molecular weight excluding hydrogens is 438 g/mol. The number of hydrogen-bond donors (Lipinski definition) is 1. The second-order valence-electron chi connectivity index (χ2n) is 7.96. The van der Waals surface area contributed by atoms with E-state index >= 15 is 0 Å². The summed E-state index contributed by atoms with van der Waals surface area (Å²) in [6.45, 7) is 4.99. The molecule has 0 spiro atoms. The van der Waals surface area contributed by atoms with Crippen LogP contribution in [0.15, 0.2) is 65.0 Å². The molecule has 1 fully saturated rings. The number of sulfone groups is 1. The standard InChI is InChI=1S/C22H24ClN3O2S2/c1-22(9-11-26(16-22)14-17-5-3-2-4-6-17)25-20-8-7-18(13-19(20)23)30(27,28)15-21-24-10-12-29-21/h2-8,10,12-13,25H,9,11,14-16H2,1H3. The zero-order valence-electron chi connectivity index (χ0n) is 16.7. The van der Waals surface area contributed by atoms with Gasteiger partial charge in [-0.2, -0.15) is 0 Å². The fourth-order valence-corrected chi connectivity index (χ4v) is 6.39. The molecule has 1 N–H and O–H groups in total. The van der Waals surface area contributed by atoms with Crippen molar-refractivity contribution in [3.8, 4) is 0 Å². The molecule has 5 nitrogen and oxygen atoms in total. The highest BCUT2D eigenvalue weighted by atomic mass is 35.5. The first-order valence-corrected chi connectivity index (χ1v) is 12.7. The number of rotatable bonds is 7. The van der Waals surface area contributed by atoms with E-state index in [2.05, 4.69) is 46.4 Å². The number of aromatic nitrogens is 1. The van der Waals surface area contributed by atoms with Gasteiger partial charge in [0.15, 0.2) is 9.84 Å². The van der Waals surface area contributed by atoms with Crippen molar-refractivity contribution in [1.29, 1.82) is 0 Å². The maximum absolute atomic E-state index is 12.7. The SMILES string of the molecule is CC1(Nc2ccc(S(=O)(=O)Cc3nccs3)cc2Cl)CCN(Cc2ccccc2)C1. The molecule has 30 heavy (non-hydrogen) atoms. The van der Waals surface area contributed by atoms with Crippen molar-refractivity contribution >= 4 is 38.5 Å². The van der Waals surface area contributed by atoms with Crippen LogP contribution in [0.3, 0.4) is 0 Å². The fourth-order valence-electron chi connectivity index (χ4n) is 3.82. The van der Waals surface area contributed by atoms with Gasteiger partial charge in [0.2, 0.25) is 0 Å². The van der Waals surface area contributed by atoms with Crippen LogP contribution in [0.5, 0.6) is 0 Å². The van der Waals surface area contributed by atoms with E-state index in [0.717, 1.165) is 31.7 Å². The Hall–Kier alpha value is -1.93. The van der Waals surface area contributed by atoms with Crippen LogP contribution in [0, 0.1) is 0 Å². The van der Waals surface area contributed by atoms with E-state index < -0.39 is 9.84 Å². The summed E-state index contributed by atoms with van der Waals surface area (Å²) in [5, 5.41) is 6.31. The van der Waals surface area contributed by atoms with Crippen molar-refractivity contribution in [3.63, 3.8) is 0 Å². The topological polar surface area (TPSA) is 62.3 Å². The summed E-state index contributed by atoms with van der Waals surface area (Å²) in [6, 6.07) is 15.4. The Labute approximate surface area is 186 Å². The Bertz CT molecular complexity index is 1100. The maximum atomic E-state index is 12.7. The molecule has 4 rings (SSSR count). The van der Waals surface area contributed by atoms with Crippen molar-refractivity contribution in [2.75, 3.05) is 18.4 Å². The Morgan fingerprint density at radius 1 is 1.23 bits per heavy atom. The van der Waals surface area contributed by atoms with Gasteiger partial charge in [-0.05, 0) is 37.1 Å². The molecule has 3 aromatic rings. The molecule has 0 bridgehead atoms. The molecule has 1 aliphatic rings. The first-order chi connectivity index (χ1) is 14.3. The minimum atomic E-state index is -3.48. The lowest BCUT2D eigenvalue weighted by Crippen LogP contribution is -2.38. The third-order valence-electron chi connectivity index (χ3n) is 5.33. The molecule has 2 heterocycles. The van der Waals surface area contributed by atoms with E-state index in [1.165, 1.54) is 23.0 Å². The van der Waals surface area contributed by atoms with Crippen LogP contribution in [0.25, 0.3) is 0 Å². The molecule has 2 aromatic carbocycles. The molecule has 1 atom stereocenters. The zero-order chi connectivity index (χ0) is 21.2. The molecule has 1 unspecified atom stereocenters. The largest absolute Gasteiger partial charge is 0.377 e. The van der Waals surface area contributed by atoms with Gasteiger partial charge in [0.25, 0.3) is 0 Å². The number of benzene rings is 2. The van der Waals surface area contributed by atoms with E-state index in [1.807, 2.05) is 6.07 Å². The van der Waals surface area contributed by atoms with Crippen molar-refractivity contribution in [1.82, 2.24) is 9.88 Å². The van der Waals surface area contributed by atoms with Crippen molar-refractivity contribution < 1.29 is 8.42 Å². The van der Waals surface area contributed by atoms with Gasteiger partial charge in [-0.25, -0.2) is 13.4 Å². The van der Waals surface area contributed by atoms with Gasteiger partial charge in [0, 0.05) is 36.8 Å². The van der Waals surface area contributed by atoms with Crippen molar-refractivity contribution in [2.24, 2.45) is 0 Å². The van der Waals surface area contributed by atoms with Gasteiger partial charge in [0.05, 0.1) is 15.6 Å². The quantitative estimate of drug-likeness (QED) is 0.545. The van der Waals surface area contributed by atoms with Crippen LogP contribution in [0.2, 0.25) is 5.02 Å². The van der Waals surface area contributed by atoms with Gasteiger partial charge in [-0.15, -0.1) is 11.3 Å². The molecule has 0 radical (unpaired) electrons. The number of likely N-dealkylation sites (tertiary alicyclic amines) is 1. The van der Waals surface area contributed by atoms with Gasteiger partial charge in [0.1, 0.15) is 10.8 Å². The summed E-state index contributed by atoms with van der Waals surface area (Å²) in [5.41, 5.74) is 1.93. The van der Waals surface area contributed by atoms with Crippen LogP contribution >= 0.6 is 22.9 Å². The fraction of sp³-hybridized carbons (Fsp3) is 0.318. The number of halogens is 1. The van der Waals surface area contributed by atoms with E-state index in [4.69, 9.17) is 11.6 Å². The van der Waals surface area contributed by atoms with Gasteiger partial charge in [-0.1, -0.05) is 41.9 Å². The van der Waals surface area contributed by atoms with Gasteiger partial charge >= 0.3 is 0 Å². The van der Waals surface area contributed by atoms with Crippen LogP contribution in [0.1, 0.15) is 23.9 Å². The molecule has 1 aliphatic heterocycles. The molecule has 8 heteroatoms. The monoisotopic (exact) mass is 461 g/mol. The summed E-state index contributed by atoms with van der Waals surface area (Å²) < 4.78 is 25.3. The summed E-state index contributed by atoms with van der Waals surface area (Å²) in [7, 11) is -3.48. The summed E-state index contributed by atoms with van der Waals surface area (Å²) in [4.78, 5) is 6.71. The lowest BCUT2D eigenvalue weighted by Gasteiger charge is -2.28. The average Bonchev–Trinajstić information content (AvgIpc) is 3.34. The molecular formula is C22H24ClN3O2S2. The second kappa shape index (κ2) is 8.67. The Morgan fingerprint density at radius 2 is 2.03 bits per heavy atom. The summed E-state index contributed by atoms with van der Waals surface area (Å²) in [6.07, 6.45) is 2.60. The van der Waals surface area contributed by atoms with E-state index in [-0.39, 0.29) is 16.2 Å². The van der Waals surface area contributed by atoms with E-state index in [1.54, 1.807) is 23.7 Å². The van der Waals surface area contributed by atoms with Crippen LogP contribution in [0.4, 0.5) is 5.69 Å². The first kappa shape index (κ1) is 21.3. The average molecular weight is 462 g/mol. The predicted octanol–water partition coefficient (Wildman–Crippen LogP) is 4.85. The smallest absolute Gasteiger partial charge is 0.184 e. The number of thiazole rings is 1. The van der Waals surface area contributed by atoms with Crippen molar-refractivity contribution in [3.05, 3.63) is 75.7 Å². The van der Waals surface area contributed by atoms with E-state index in [9.17, 15) is 8.42 Å². The molecule has 158 valence electrons. The highest BCUT2D eigenvalue weighted by Gasteiger charge is 2.34. The van der Waals surface area contributed by atoms with Gasteiger partial charge in [-0.3, -0.25) is 4.90 Å². The van der Waals surface area contributed by atoms with Crippen LogP contribution in [-0.2, 0) is 22.1 Å². The predicted molar refractivity (Wildman–Crippen MR) is 123 cm³/mol. The van der Waals surface area contributed by atoms with Crippen molar-refractivity contribution in [2.45, 2.75) is 36.1 Å². The Morgan fingerprint density at radius 3 is 2.73 bits per heavy atom. The lowest BCUT2D eigenvalue weighted by atomic mass is 10.0. The minimum Gasteiger partial charge on any atom is -0.377 e.